The number of benzene rings is 1. The lowest BCUT2D eigenvalue weighted by Gasteiger charge is -2.28. The first-order chi connectivity index (χ1) is 11.7. The Kier molecular flexibility index (Phi) is 6.10. The molecule has 2 aliphatic heterocycles. The van der Waals surface area contributed by atoms with E-state index in [9.17, 15) is 4.79 Å². The summed E-state index contributed by atoms with van der Waals surface area (Å²) in [5, 5.41) is 0. The lowest BCUT2D eigenvalue weighted by atomic mass is 10.1. The molecule has 5 nitrogen and oxygen atoms in total. The van der Waals surface area contributed by atoms with Crippen LogP contribution in [-0.2, 0) is 20.7 Å². The van der Waals surface area contributed by atoms with Crippen LogP contribution >= 0.6 is 0 Å². The topological polar surface area (TPSA) is 48.0 Å². The smallest absolute Gasteiger partial charge is 0.227 e. The van der Waals surface area contributed by atoms with Crippen LogP contribution in [0.4, 0.5) is 0 Å². The second-order valence-electron chi connectivity index (χ2n) is 6.59. The molecule has 0 N–H and O–H groups in total. The van der Waals surface area contributed by atoms with Gasteiger partial charge in [0.1, 0.15) is 5.75 Å². The van der Waals surface area contributed by atoms with E-state index < -0.39 is 0 Å². The van der Waals surface area contributed by atoms with Crippen LogP contribution in [-0.4, -0.2) is 56.4 Å². The number of rotatable bonds is 7. The molecule has 2 heterocycles. The molecular formula is C19H27NO4. The third-order valence-corrected chi connectivity index (χ3v) is 4.76. The third kappa shape index (κ3) is 4.71. The Morgan fingerprint density at radius 2 is 1.67 bits per heavy atom. The van der Waals surface area contributed by atoms with Crippen LogP contribution in [0.1, 0.15) is 31.2 Å². The lowest BCUT2D eigenvalue weighted by Crippen LogP contribution is -2.42. The van der Waals surface area contributed by atoms with Crippen LogP contribution in [0.5, 0.6) is 5.75 Å². The van der Waals surface area contributed by atoms with E-state index in [1.165, 1.54) is 0 Å². The van der Waals surface area contributed by atoms with Crippen molar-refractivity contribution in [2.75, 3.05) is 33.4 Å². The second-order valence-corrected chi connectivity index (χ2v) is 6.59. The van der Waals surface area contributed by atoms with Gasteiger partial charge in [-0.1, -0.05) is 12.1 Å². The molecule has 132 valence electrons. The highest BCUT2D eigenvalue weighted by Gasteiger charge is 2.26. The highest BCUT2D eigenvalue weighted by molar-refractivity contribution is 5.79. The Bertz CT molecular complexity index is 501. The van der Waals surface area contributed by atoms with Crippen molar-refractivity contribution < 1.29 is 19.0 Å². The van der Waals surface area contributed by atoms with E-state index in [-0.39, 0.29) is 18.1 Å². The van der Waals surface area contributed by atoms with Gasteiger partial charge in [-0.15, -0.1) is 0 Å². The number of hydrogen-bond acceptors (Lipinski definition) is 4. The van der Waals surface area contributed by atoms with E-state index >= 15 is 0 Å². The molecule has 0 saturated carbocycles. The average Bonchev–Trinajstić information content (AvgIpc) is 3.29. The number of carbonyl (C=O) groups is 1. The van der Waals surface area contributed by atoms with Crippen molar-refractivity contribution in [1.29, 1.82) is 0 Å². The normalized spacial score (nSPS) is 23.4. The van der Waals surface area contributed by atoms with Crippen molar-refractivity contribution in [2.24, 2.45) is 0 Å². The SMILES string of the molecule is COc1ccc(CC(=O)N(C[C@H]2CCCO2)C[C@@H]2CCCO2)cc1. The molecule has 1 aromatic carbocycles. The first-order valence-corrected chi connectivity index (χ1v) is 8.88. The first kappa shape index (κ1) is 17.2. The standard InChI is InChI=1S/C19H27NO4/c1-22-16-8-6-15(7-9-16)12-19(21)20(13-17-4-2-10-23-17)14-18-5-3-11-24-18/h6-9,17-18H,2-5,10-14H2,1H3/t17-,18+. The van der Waals surface area contributed by atoms with E-state index in [4.69, 9.17) is 14.2 Å². The van der Waals surface area contributed by atoms with Crippen molar-refractivity contribution in [1.82, 2.24) is 4.90 Å². The fourth-order valence-electron chi connectivity index (χ4n) is 3.38. The average molecular weight is 333 g/mol. The molecule has 2 atom stereocenters. The molecular weight excluding hydrogens is 306 g/mol. The van der Waals surface area contributed by atoms with E-state index in [1.807, 2.05) is 29.2 Å². The Morgan fingerprint density at radius 3 is 2.12 bits per heavy atom. The minimum atomic E-state index is 0.145. The molecule has 0 radical (unpaired) electrons. The van der Waals surface area contributed by atoms with E-state index in [2.05, 4.69) is 0 Å². The molecule has 0 unspecified atom stereocenters. The maximum atomic E-state index is 12.8. The molecule has 0 aromatic heterocycles. The maximum absolute atomic E-state index is 12.8. The molecule has 2 aliphatic rings. The van der Waals surface area contributed by atoms with Crippen LogP contribution in [0.25, 0.3) is 0 Å². The lowest BCUT2D eigenvalue weighted by molar-refractivity contribution is -0.133. The zero-order chi connectivity index (χ0) is 16.8. The van der Waals surface area contributed by atoms with Crippen molar-refractivity contribution in [2.45, 2.75) is 44.3 Å². The summed E-state index contributed by atoms with van der Waals surface area (Å²) in [6, 6.07) is 7.69. The Balaban J connectivity index is 1.61. The van der Waals surface area contributed by atoms with Gasteiger partial charge in [0.15, 0.2) is 0 Å². The van der Waals surface area contributed by atoms with Crippen LogP contribution in [0, 0.1) is 0 Å². The number of nitrogens with zero attached hydrogens (tertiary/aromatic N) is 1. The highest BCUT2D eigenvalue weighted by atomic mass is 16.5. The zero-order valence-electron chi connectivity index (χ0n) is 14.4. The summed E-state index contributed by atoms with van der Waals surface area (Å²) in [5.74, 6) is 0.952. The summed E-state index contributed by atoms with van der Waals surface area (Å²) < 4.78 is 16.6. The van der Waals surface area contributed by atoms with Gasteiger partial charge in [0, 0.05) is 26.3 Å². The van der Waals surface area contributed by atoms with Crippen molar-refractivity contribution in [3.63, 3.8) is 0 Å². The summed E-state index contributed by atoms with van der Waals surface area (Å²) in [6.45, 7) is 2.97. The molecule has 1 amide bonds. The van der Waals surface area contributed by atoms with Gasteiger partial charge in [0.25, 0.3) is 0 Å². The zero-order valence-corrected chi connectivity index (χ0v) is 14.4. The fraction of sp³-hybridized carbons (Fsp3) is 0.632. The fourth-order valence-corrected chi connectivity index (χ4v) is 3.38. The summed E-state index contributed by atoms with van der Waals surface area (Å²) in [6.07, 6.45) is 5.01. The molecule has 0 spiro atoms. The Hall–Kier alpha value is -1.59. The van der Waals surface area contributed by atoms with Gasteiger partial charge in [-0.3, -0.25) is 4.79 Å². The second kappa shape index (κ2) is 8.49. The van der Waals surface area contributed by atoms with Gasteiger partial charge in [0.05, 0.1) is 25.7 Å². The molecule has 24 heavy (non-hydrogen) atoms. The summed E-state index contributed by atoms with van der Waals surface area (Å²) in [5.41, 5.74) is 1.01. The van der Waals surface area contributed by atoms with Gasteiger partial charge in [-0.2, -0.15) is 0 Å². The number of carbonyl (C=O) groups excluding carboxylic acids is 1. The van der Waals surface area contributed by atoms with E-state index in [1.54, 1.807) is 7.11 Å². The molecule has 2 fully saturated rings. The number of amides is 1. The van der Waals surface area contributed by atoms with Gasteiger partial charge >= 0.3 is 0 Å². The quantitative estimate of drug-likeness (QED) is 0.769. The molecule has 5 heteroatoms. The largest absolute Gasteiger partial charge is 0.497 e. The predicted molar refractivity (Wildman–Crippen MR) is 91.2 cm³/mol. The van der Waals surface area contributed by atoms with Crippen LogP contribution < -0.4 is 4.74 Å². The van der Waals surface area contributed by atoms with Crippen molar-refractivity contribution in [3.8, 4) is 5.75 Å². The van der Waals surface area contributed by atoms with Crippen LogP contribution in [0.15, 0.2) is 24.3 Å². The van der Waals surface area contributed by atoms with Crippen molar-refractivity contribution in [3.05, 3.63) is 29.8 Å². The maximum Gasteiger partial charge on any atom is 0.227 e. The summed E-state index contributed by atoms with van der Waals surface area (Å²) in [7, 11) is 1.64. The van der Waals surface area contributed by atoms with Gasteiger partial charge < -0.3 is 19.1 Å². The Labute approximate surface area is 143 Å². The minimum Gasteiger partial charge on any atom is -0.497 e. The molecule has 1 aromatic rings. The summed E-state index contributed by atoms with van der Waals surface area (Å²) >= 11 is 0. The van der Waals surface area contributed by atoms with Gasteiger partial charge in [-0.25, -0.2) is 0 Å². The molecule has 0 aliphatic carbocycles. The minimum absolute atomic E-state index is 0.145. The molecule has 2 saturated heterocycles. The third-order valence-electron chi connectivity index (χ3n) is 4.76. The number of ether oxygens (including phenoxy) is 3. The first-order valence-electron chi connectivity index (χ1n) is 8.88. The number of methoxy groups -OCH3 is 1. The van der Waals surface area contributed by atoms with E-state index in [0.29, 0.717) is 19.5 Å². The Morgan fingerprint density at radius 1 is 1.08 bits per heavy atom. The van der Waals surface area contributed by atoms with Gasteiger partial charge in [0.2, 0.25) is 5.91 Å². The van der Waals surface area contributed by atoms with Gasteiger partial charge in [-0.05, 0) is 43.4 Å². The molecule has 0 bridgehead atoms. The summed E-state index contributed by atoms with van der Waals surface area (Å²) in [4.78, 5) is 14.8. The van der Waals surface area contributed by atoms with Crippen molar-refractivity contribution >= 4 is 5.91 Å². The monoisotopic (exact) mass is 333 g/mol. The van der Waals surface area contributed by atoms with Crippen LogP contribution in [0.2, 0.25) is 0 Å². The highest BCUT2D eigenvalue weighted by Crippen LogP contribution is 2.19. The molecule has 3 rings (SSSR count). The van der Waals surface area contributed by atoms with E-state index in [0.717, 1.165) is 50.2 Å². The number of hydrogen-bond donors (Lipinski definition) is 0. The predicted octanol–water partition coefficient (Wildman–Crippen LogP) is 2.42. The van der Waals surface area contributed by atoms with Crippen LogP contribution in [0.3, 0.4) is 0 Å².